The van der Waals surface area contributed by atoms with E-state index >= 15 is 0 Å². The summed E-state index contributed by atoms with van der Waals surface area (Å²) in [6.45, 7) is 0. The summed E-state index contributed by atoms with van der Waals surface area (Å²) in [5, 5.41) is 1.02. The first-order valence-electron chi connectivity index (χ1n) is 7.14. The summed E-state index contributed by atoms with van der Waals surface area (Å²) in [6.07, 6.45) is 0. The lowest BCUT2D eigenvalue weighted by Gasteiger charge is -2.15. The molecule has 0 aliphatic heterocycles. The highest BCUT2D eigenvalue weighted by atomic mass is 19.1. The normalized spacial score (nSPS) is 11.2. The van der Waals surface area contributed by atoms with Crippen LogP contribution in [0.25, 0.3) is 27.5 Å². The van der Waals surface area contributed by atoms with Gasteiger partial charge in [0, 0.05) is 16.8 Å². The number of aromatic nitrogens is 1. The van der Waals surface area contributed by atoms with Crippen molar-refractivity contribution in [1.82, 2.24) is 4.57 Å². The number of fused-ring (bicyclic) bond motifs is 2. The number of hydrogen-bond donors (Lipinski definition) is 0. The standard InChI is InChI=1S/C19H11F2NO/c20-12-9-13(21)11-14(10-12)22-17-7-3-1-5-15(17)19(23)16-6-2-4-8-18(16)22/h1-11H. The summed E-state index contributed by atoms with van der Waals surface area (Å²) >= 11 is 0. The van der Waals surface area contributed by atoms with Crippen molar-refractivity contribution in [2.45, 2.75) is 0 Å². The van der Waals surface area contributed by atoms with E-state index in [1.54, 1.807) is 53.1 Å². The fourth-order valence-corrected chi connectivity index (χ4v) is 2.94. The summed E-state index contributed by atoms with van der Waals surface area (Å²) < 4.78 is 29.1. The zero-order valence-electron chi connectivity index (χ0n) is 12.0. The van der Waals surface area contributed by atoms with Crippen molar-refractivity contribution < 1.29 is 8.78 Å². The van der Waals surface area contributed by atoms with E-state index in [4.69, 9.17) is 0 Å². The minimum atomic E-state index is -0.660. The second-order valence-corrected chi connectivity index (χ2v) is 5.33. The van der Waals surface area contributed by atoms with Gasteiger partial charge in [0.05, 0.1) is 16.7 Å². The highest BCUT2D eigenvalue weighted by Crippen LogP contribution is 2.24. The minimum absolute atomic E-state index is 0.0932. The molecule has 3 aromatic carbocycles. The highest BCUT2D eigenvalue weighted by Gasteiger charge is 2.12. The molecule has 2 nitrogen and oxygen atoms in total. The van der Waals surface area contributed by atoms with E-state index in [0.29, 0.717) is 27.5 Å². The molecular weight excluding hydrogens is 296 g/mol. The summed E-state index contributed by atoms with van der Waals surface area (Å²) in [4.78, 5) is 12.6. The monoisotopic (exact) mass is 307 g/mol. The quantitative estimate of drug-likeness (QED) is 0.477. The van der Waals surface area contributed by atoms with Crippen molar-refractivity contribution in [2.24, 2.45) is 0 Å². The van der Waals surface area contributed by atoms with Gasteiger partial charge in [-0.3, -0.25) is 4.79 Å². The zero-order chi connectivity index (χ0) is 16.0. The van der Waals surface area contributed by atoms with E-state index in [-0.39, 0.29) is 5.43 Å². The van der Waals surface area contributed by atoms with Crippen LogP contribution in [0.5, 0.6) is 0 Å². The van der Waals surface area contributed by atoms with Gasteiger partial charge in [0.25, 0.3) is 0 Å². The lowest BCUT2D eigenvalue weighted by atomic mass is 10.1. The molecule has 112 valence electrons. The van der Waals surface area contributed by atoms with Gasteiger partial charge in [-0.25, -0.2) is 8.78 Å². The maximum atomic E-state index is 13.7. The van der Waals surface area contributed by atoms with Gasteiger partial charge in [-0.2, -0.15) is 0 Å². The minimum Gasteiger partial charge on any atom is -0.309 e. The fourth-order valence-electron chi connectivity index (χ4n) is 2.94. The average molecular weight is 307 g/mol. The Morgan fingerprint density at radius 3 is 1.70 bits per heavy atom. The van der Waals surface area contributed by atoms with Crippen LogP contribution in [0.2, 0.25) is 0 Å². The van der Waals surface area contributed by atoms with Gasteiger partial charge in [-0.15, -0.1) is 0 Å². The summed E-state index contributed by atoms with van der Waals surface area (Å²) in [6, 6.07) is 17.5. The van der Waals surface area contributed by atoms with E-state index in [1.165, 1.54) is 12.1 Å². The van der Waals surface area contributed by atoms with Crippen LogP contribution in [0.4, 0.5) is 8.78 Å². The second-order valence-electron chi connectivity index (χ2n) is 5.33. The third-order valence-corrected chi connectivity index (χ3v) is 3.88. The molecule has 23 heavy (non-hydrogen) atoms. The Labute approximate surface area is 130 Å². The van der Waals surface area contributed by atoms with Crippen LogP contribution >= 0.6 is 0 Å². The van der Waals surface area contributed by atoms with E-state index in [0.717, 1.165) is 6.07 Å². The van der Waals surface area contributed by atoms with Crippen LogP contribution in [0.1, 0.15) is 0 Å². The Bertz CT molecular complexity index is 1040. The van der Waals surface area contributed by atoms with Crippen molar-refractivity contribution in [3.05, 3.63) is 88.6 Å². The van der Waals surface area contributed by atoms with Gasteiger partial charge in [0.15, 0.2) is 5.43 Å². The first-order valence-corrected chi connectivity index (χ1v) is 7.14. The van der Waals surface area contributed by atoms with Crippen molar-refractivity contribution in [1.29, 1.82) is 0 Å². The molecule has 0 unspecified atom stereocenters. The molecule has 0 saturated carbocycles. The SMILES string of the molecule is O=c1c2ccccc2n(-c2cc(F)cc(F)c2)c2ccccc12. The Morgan fingerprint density at radius 1 is 0.696 bits per heavy atom. The van der Waals surface area contributed by atoms with E-state index in [9.17, 15) is 13.6 Å². The molecule has 4 heteroatoms. The van der Waals surface area contributed by atoms with Gasteiger partial charge in [0.2, 0.25) is 0 Å². The Kier molecular flexibility index (Phi) is 2.98. The molecule has 0 aliphatic rings. The van der Waals surface area contributed by atoms with Crippen LogP contribution in [0.3, 0.4) is 0 Å². The average Bonchev–Trinajstić information content (AvgIpc) is 2.54. The Balaban J connectivity index is 2.28. The predicted octanol–water partition coefficient (Wildman–Crippen LogP) is 4.42. The highest BCUT2D eigenvalue weighted by molar-refractivity contribution is 5.95. The van der Waals surface area contributed by atoms with Crippen molar-refractivity contribution >= 4 is 21.8 Å². The van der Waals surface area contributed by atoms with E-state index < -0.39 is 11.6 Å². The molecule has 4 rings (SSSR count). The number of rotatable bonds is 1. The predicted molar refractivity (Wildman–Crippen MR) is 87.0 cm³/mol. The van der Waals surface area contributed by atoms with Crippen LogP contribution < -0.4 is 5.43 Å². The fraction of sp³-hybridized carbons (Fsp3) is 0. The number of nitrogens with zero attached hydrogens (tertiary/aromatic N) is 1. The molecule has 1 heterocycles. The van der Waals surface area contributed by atoms with Crippen molar-refractivity contribution in [3.8, 4) is 5.69 Å². The van der Waals surface area contributed by atoms with Crippen LogP contribution in [0, 0.1) is 11.6 Å². The molecule has 0 atom stereocenters. The molecule has 4 aromatic rings. The molecule has 0 N–H and O–H groups in total. The topological polar surface area (TPSA) is 22.0 Å². The Hall–Kier alpha value is -3.01. The summed E-state index contributed by atoms with van der Waals surface area (Å²) in [7, 11) is 0. The lowest BCUT2D eigenvalue weighted by molar-refractivity contribution is 0.582. The number of hydrogen-bond acceptors (Lipinski definition) is 1. The first-order chi connectivity index (χ1) is 11.1. The molecule has 0 amide bonds. The molecule has 0 saturated heterocycles. The first kappa shape index (κ1) is 13.6. The maximum Gasteiger partial charge on any atom is 0.197 e. The van der Waals surface area contributed by atoms with Crippen molar-refractivity contribution in [3.63, 3.8) is 0 Å². The van der Waals surface area contributed by atoms with Crippen molar-refractivity contribution in [2.75, 3.05) is 0 Å². The number of halogens is 2. The summed E-state index contributed by atoms with van der Waals surface area (Å²) in [5.74, 6) is -1.32. The third-order valence-electron chi connectivity index (χ3n) is 3.88. The van der Waals surface area contributed by atoms with Gasteiger partial charge >= 0.3 is 0 Å². The molecular formula is C19H11F2NO. The maximum absolute atomic E-state index is 13.7. The molecule has 0 aliphatic carbocycles. The van der Waals surface area contributed by atoms with Crippen LogP contribution in [0.15, 0.2) is 71.5 Å². The van der Waals surface area contributed by atoms with Gasteiger partial charge < -0.3 is 4.57 Å². The summed E-state index contributed by atoms with van der Waals surface area (Å²) in [5.41, 5.74) is 1.47. The number of pyridine rings is 1. The molecule has 1 aromatic heterocycles. The number of para-hydroxylation sites is 2. The Morgan fingerprint density at radius 2 is 1.17 bits per heavy atom. The second kappa shape index (κ2) is 5.02. The van der Waals surface area contributed by atoms with E-state index in [2.05, 4.69) is 0 Å². The molecule has 0 spiro atoms. The molecule has 0 bridgehead atoms. The van der Waals surface area contributed by atoms with Gasteiger partial charge in [-0.1, -0.05) is 24.3 Å². The molecule has 0 radical (unpaired) electrons. The largest absolute Gasteiger partial charge is 0.309 e. The van der Waals surface area contributed by atoms with Gasteiger partial charge in [0.1, 0.15) is 11.6 Å². The van der Waals surface area contributed by atoms with Crippen LogP contribution in [-0.2, 0) is 0 Å². The van der Waals surface area contributed by atoms with E-state index in [1.807, 2.05) is 0 Å². The zero-order valence-corrected chi connectivity index (χ0v) is 12.0. The third kappa shape index (κ3) is 2.11. The van der Waals surface area contributed by atoms with Gasteiger partial charge in [-0.05, 0) is 36.4 Å². The molecule has 0 fully saturated rings. The lowest BCUT2D eigenvalue weighted by Crippen LogP contribution is -2.10. The number of benzene rings is 3. The van der Waals surface area contributed by atoms with Crippen LogP contribution in [-0.4, -0.2) is 4.57 Å². The smallest absolute Gasteiger partial charge is 0.197 e.